The molecule has 0 radical (unpaired) electrons. The average Bonchev–Trinajstić information content (AvgIpc) is 3.56. The summed E-state index contributed by atoms with van der Waals surface area (Å²) in [6.07, 6.45) is 8.06. The quantitative estimate of drug-likeness (QED) is 0.764. The molecule has 3 aliphatic rings. The van der Waals surface area contributed by atoms with Crippen LogP contribution in [-0.2, 0) is 9.59 Å². The number of ketones is 1. The lowest BCUT2D eigenvalue weighted by Crippen LogP contribution is -2.49. The molecule has 156 valence electrons. The van der Waals surface area contributed by atoms with Crippen molar-refractivity contribution >= 4 is 17.6 Å². The smallest absolute Gasteiger partial charge is 0.251 e. The molecule has 1 aliphatic heterocycles. The topological polar surface area (TPSA) is 66.5 Å². The summed E-state index contributed by atoms with van der Waals surface area (Å²) >= 11 is 0. The molecule has 2 aliphatic carbocycles. The maximum absolute atomic E-state index is 12.9. The molecule has 2 amide bonds. The summed E-state index contributed by atoms with van der Waals surface area (Å²) in [6.45, 7) is 3.37. The summed E-state index contributed by atoms with van der Waals surface area (Å²) in [5, 5.41) is 3.05. The molecular formula is C24H32N2O3. The first-order valence-corrected chi connectivity index (χ1v) is 11.3. The SMILES string of the molecule is CCC(=O)[C@H](NC(=O)c1cccc(C2CN(C(=O)C3CC3)C2)c1)C1CCCCC1. The van der Waals surface area contributed by atoms with Crippen molar-refractivity contribution in [2.24, 2.45) is 11.8 Å². The number of carbonyl (C=O) groups excluding carboxylic acids is 3. The van der Waals surface area contributed by atoms with E-state index in [0.29, 0.717) is 23.8 Å². The van der Waals surface area contributed by atoms with Gasteiger partial charge in [0, 0.05) is 36.9 Å². The normalized spacial score (nSPS) is 21.3. The molecule has 0 unspecified atom stereocenters. The van der Waals surface area contributed by atoms with Gasteiger partial charge in [-0.2, -0.15) is 0 Å². The first-order valence-electron chi connectivity index (χ1n) is 11.3. The standard InChI is InChI=1S/C24H32N2O3/c1-2-21(27)22(16-7-4-3-5-8-16)25-23(28)19-10-6-9-18(13-19)20-14-26(15-20)24(29)17-11-12-17/h6,9-10,13,16-17,20,22H,2-5,7-8,11-12,14-15H2,1H3,(H,25,28)/t22-/m1/s1. The van der Waals surface area contributed by atoms with Crippen molar-refractivity contribution < 1.29 is 14.4 Å². The molecule has 1 aromatic rings. The first-order chi connectivity index (χ1) is 14.1. The van der Waals surface area contributed by atoms with Crippen LogP contribution in [0.15, 0.2) is 24.3 Å². The molecule has 0 aromatic heterocycles. The molecule has 1 N–H and O–H groups in total. The van der Waals surface area contributed by atoms with Crippen LogP contribution in [0.25, 0.3) is 0 Å². The molecule has 29 heavy (non-hydrogen) atoms. The number of Topliss-reactive ketones (excluding diaryl/α,β-unsaturated/α-hetero) is 1. The molecule has 1 atom stereocenters. The van der Waals surface area contributed by atoms with E-state index in [0.717, 1.165) is 57.2 Å². The van der Waals surface area contributed by atoms with E-state index in [9.17, 15) is 14.4 Å². The number of nitrogens with zero attached hydrogens (tertiary/aromatic N) is 1. The highest BCUT2D eigenvalue weighted by molar-refractivity contribution is 5.98. The molecule has 1 heterocycles. The molecule has 0 spiro atoms. The van der Waals surface area contributed by atoms with Gasteiger partial charge >= 0.3 is 0 Å². The van der Waals surface area contributed by atoms with Crippen molar-refractivity contribution in [3.8, 4) is 0 Å². The van der Waals surface area contributed by atoms with Crippen LogP contribution in [-0.4, -0.2) is 41.6 Å². The van der Waals surface area contributed by atoms with E-state index in [1.807, 2.05) is 36.1 Å². The minimum atomic E-state index is -0.369. The highest BCUT2D eigenvalue weighted by atomic mass is 16.2. The van der Waals surface area contributed by atoms with Gasteiger partial charge in [-0.1, -0.05) is 38.3 Å². The minimum Gasteiger partial charge on any atom is -0.342 e. The van der Waals surface area contributed by atoms with E-state index in [1.165, 1.54) is 6.42 Å². The van der Waals surface area contributed by atoms with Gasteiger partial charge in [0.05, 0.1) is 6.04 Å². The van der Waals surface area contributed by atoms with Crippen molar-refractivity contribution in [3.63, 3.8) is 0 Å². The maximum atomic E-state index is 12.9. The van der Waals surface area contributed by atoms with E-state index in [-0.39, 0.29) is 29.6 Å². The fourth-order valence-electron chi connectivity index (χ4n) is 4.76. The number of amides is 2. The zero-order valence-corrected chi connectivity index (χ0v) is 17.4. The Morgan fingerprint density at radius 2 is 1.79 bits per heavy atom. The van der Waals surface area contributed by atoms with Crippen molar-refractivity contribution in [1.82, 2.24) is 10.2 Å². The molecule has 4 rings (SSSR count). The van der Waals surface area contributed by atoms with Crippen LogP contribution in [0, 0.1) is 11.8 Å². The Morgan fingerprint density at radius 3 is 2.45 bits per heavy atom. The van der Waals surface area contributed by atoms with Crippen LogP contribution in [0.4, 0.5) is 0 Å². The van der Waals surface area contributed by atoms with Gasteiger partial charge in [0.25, 0.3) is 5.91 Å². The van der Waals surface area contributed by atoms with Crippen LogP contribution in [0.2, 0.25) is 0 Å². The minimum absolute atomic E-state index is 0.134. The lowest BCUT2D eigenvalue weighted by atomic mass is 9.81. The number of hydrogen-bond donors (Lipinski definition) is 1. The fourth-order valence-corrected chi connectivity index (χ4v) is 4.76. The van der Waals surface area contributed by atoms with Gasteiger partial charge in [-0.05, 0) is 49.3 Å². The van der Waals surface area contributed by atoms with Crippen LogP contribution in [0.3, 0.4) is 0 Å². The second kappa shape index (κ2) is 8.68. The zero-order chi connectivity index (χ0) is 20.4. The molecule has 0 bridgehead atoms. The van der Waals surface area contributed by atoms with Crippen LogP contribution in [0.5, 0.6) is 0 Å². The highest BCUT2D eigenvalue weighted by Gasteiger charge is 2.39. The Bertz CT molecular complexity index is 774. The van der Waals surface area contributed by atoms with Gasteiger partial charge in [-0.15, -0.1) is 0 Å². The van der Waals surface area contributed by atoms with Crippen LogP contribution >= 0.6 is 0 Å². The summed E-state index contributed by atoms with van der Waals surface area (Å²) in [5.74, 6) is 1.10. The second-order valence-corrected chi connectivity index (χ2v) is 9.01. The zero-order valence-electron chi connectivity index (χ0n) is 17.4. The lowest BCUT2D eigenvalue weighted by Gasteiger charge is -2.40. The third kappa shape index (κ3) is 4.54. The number of carbonyl (C=O) groups is 3. The summed E-state index contributed by atoms with van der Waals surface area (Å²) in [6, 6.07) is 7.34. The van der Waals surface area contributed by atoms with Crippen molar-refractivity contribution in [3.05, 3.63) is 35.4 Å². The molecule has 1 aromatic carbocycles. The number of benzene rings is 1. The molecule has 1 saturated heterocycles. The average molecular weight is 397 g/mol. The highest BCUT2D eigenvalue weighted by Crippen LogP contribution is 2.36. The molecule has 3 fully saturated rings. The number of hydrogen-bond acceptors (Lipinski definition) is 3. The van der Waals surface area contributed by atoms with E-state index in [4.69, 9.17) is 0 Å². The van der Waals surface area contributed by atoms with Gasteiger partial charge in [0.1, 0.15) is 0 Å². The number of likely N-dealkylation sites (tertiary alicyclic amines) is 1. The van der Waals surface area contributed by atoms with Crippen molar-refractivity contribution in [2.45, 2.75) is 70.3 Å². The maximum Gasteiger partial charge on any atom is 0.251 e. The summed E-state index contributed by atoms with van der Waals surface area (Å²) in [4.78, 5) is 39.5. The van der Waals surface area contributed by atoms with E-state index in [1.54, 1.807) is 0 Å². The first kappa shape index (κ1) is 20.1. The van der Waals surface area contributed by atoms with Gasteiger partial charge in [-0.25, -0.2) is 0 Å². The largest absolute Gasteiger partial charge is 0.342 e. The van der Waals surface area contributed by atoms with Gasteiger partial charge in [-0.3, -0.25) is 14.4 Å². The van der Waals surface area contributed by atoms with Gasteiger partial charge in [0.15, 0.2) is 5.78 Å². The molecule has 5 nitrogen and oxygen atoms in total. The van der Waals surface area contributed by atoms with Crippen molar-refractivity contribution in [1.29, 1.82) is 0 Å². The summed E-state index contributed by atoms with van der Waals surface area (Å²) < 4.78 is 0. The van der Waals surface area contributed by atoms with Gasteiger partial charge < -0.3 is 10.2 Å². The van der Waals surface area contributed by atoms with E-state index < -0.39 is 0 Å². The Labute approximate surface area is 173 Å². The van der Waals surface area contributed by atoms with Gasteiger partial charge in [0.2, 0.25) is 5.91 Å². The van der Waals surface area contributed by atoms with E-state index in [2.05, 4.69) is 5.32 Å². The van der Waals surface area contributed by atoms with E-state index >= 15 is 0 Å². The monoisotopic (exact) mass is 396 g/mol. The molecular weight excluding hydrogens is 364 g/mol. The number of nitrogens with one attached hydrogen (secondary N) is 1. The van der Waals surface area contributed by atoms with Crippen LogP contribution < -0.4 is 5.32 Å². The molecule has 5 heteroatoms. The third-order valence-corrected chi connectivity index (χ3v) is 6.84. The fraction of sp³-hybridized carbons (Fsp3) is 0.625. The second-order valence-electron chi connectivity index (χ2n) is 9.01. The lowest BCUT2D eigenvalue weighted by molar-refractivity contribution is -0.137. The predicted octanol–water partition coefficient (Wildman–Crippen LogP) is 3.68. The Hall–Kier alpha value is -2.17. The predicted molar refractivity (Wildman–Crippen MR) is 112 cm³/mol. The Morgan fingerprint density at radius 1 is 1.07 bits per heavy atom. The number of rotatable bonds is 7. The summed E-state index contributed by atoms with van der Waals surface area (Å²) in [7, 11) is 0. The van der Waals surface area contributed by atoms with Crippen molar-refractivity contribution in [2.75, 3.05) is 13.1 Å². The Balaban J connectivity index is 1.39. The summed E-state index contributed by atoms with van der Waals surface area (Å²) in [5.41, 5.74) is 1.72. The Kier molecular flexibility index (Phi) is 6.02. The van der Waals surface area contributed by atoms with Crippen LogP contribution in [0.1, 0.15) is 80.1 Å². The third-order valence-electron chi connectivity index (χ3n) is 6.84. The molecule has 2 saturated carbocycles.